The molecule has 3 aromatic rings. The third-order valence-electron chi connectivity index (χ3n) is 3.68. The van der Waals surface area contributed by atoms with Gasteiger partial charge in [-0.1, -0.05) is 6.07 Å². The fourth-order valence-electron chi connectivity index (χ4n) is 2.60. The Hall–Kier alpha value is -2.82. The van der Waals surface area contributed by atoms with Crippen LogP contribution in [0.1, 0.15) is 16.7 Å². The van der Waals surface area contributed by atoms with Crippen molar-refractivity contribution in [3.63, 3.8) is 0 Å². The van der Waals surface area contributed by atoms with Gasteiger partial charge in [0, 0.05) is 29.2 Å². The fourth-order valence-corrected chi connectivity index (χ4v) is 2.60. The molecule has 0 fully saturated rings. The number of H-pyrrole nitrogens is 2. The molecule has 5 heteroatoms. The Balaban J connectivity index is 1.98. The summed E-state index contributed by atoms with van der Waals surface area (Å²) in [5, 5.41) is 4.02. The van der Waals surface area contributed by atoms with E-state index < -0.39 is 0 Å². The summed E-state index contributed by atoms with van der Waals surface area (Å²) in [7, 11) is 0. The molecule has 0 unspecified atom stereocenters. The standard InChI is InChI=1S/C17H17N3O2/c1-10-6-11(2)13-8-12(16(21)20-15(13)7-10)9-19-14-4-3-5-18-17(14)22/h3-8,19H,9H2,1-2H3,(H,18,22)(H,20,21). The number of hydrogen-bond donors (Lipinski definition) is 3. The molecule has 0 aliphatic rings. The van der Waals surface area contributed by atoms with Gasteiger partial charge in [0.25, 0.3) is 11.1 Å². The van der Waals surface area contributed by atoms with Crippen molar-refractivity contribution in [3.05, 3.63) is 73.9 Å². The van der Waals surface area contributed by atoms with Crippen molar-refractivity contribution in [2.24, 2.45) is 0 Å². The lowest BCUT2D eigenvalue weighted by molar-refractivity contribution is 1.07. The number of hydrogen-bond acceptors (Lipinski definition) is 3. The lowest BCUT2D eigenvalue weighted by atomic mass is 10.0. The van der Waals surface area contributed by atoms with Crippen molar-refractivity contribution >= 4 is 16.6 Å². The van der Waals surface area contributed by atoms with Crippen LogP contribution in [0.2, 0.25) is 0 Å². The number of aromatic nitrogens is 2. The highest BCUT2D eigenvalue weighted by Crippen LogP contribution is 2.18. The van der Waals surface area contributed by atoms with Gasteiger partial charge in [-0.3, -0.25) is 9.59 Å². The molecule has 0 bridgehead atoms. The molecule has 2 heterocycles. The van der Waals surface area contributed by atoms with Gasteiger partial charge in [-0.05, 0) is 49.2 Å². The first kappa shape index (κ1) is 14.1. The number of anilines is 1. The third kappa shape index (κ3) is 2.65. The minimum atomic E-state index is -0.202. The van der Waals surface area contributed by atoms with E-state index in [9.17, 15) is 9.59 Å². The first-order valence-electron chi connectivity index (χ1n) is 7.09. The summed E-state index contributed by atoms with van der Waals surface area (Å²) in [5.41, 5.74) is 3.77. The van der Waals surface area contributed by atoms with Gasteiger partial charge in [0.1, 0.15) is 5.69 Å². The van der Waals surface area contributed by atoms with Crippen LogP contribution in [0.4, 0.5) is 5.69 Å². The zero-order valence-electron chi connectivity index (χ0n) is 12.5. The van der Waals surface area contributed by atoms with Gasteiger partial charge in [-0.15, -0.1) is 0 Å². The maximum Gasteiger partial charge on any atom is 0.271 e. The molecular weight excluding hydrogens is 278 g/mol. The number of pyridine rings is 2. The Morgan fingerprint density at radius 3 is 2.68 bits per heavy atom. The summed E-state index contributed by atoms with van der Waals surface area (Å²) in [6, 6.07) is 9.35. The van der Waals surface area contributed by atoms with Gasteiger partial charge in [0.2, 0.25) is 0 Å². The van der Waals surface area contributed by atoms with E-state index in [-0.39, 0.29) is 11.1 Å². The summed E-state index contributed by atoms with van der Waals surface area (Å²) in [4.78, 5) is 29.3. The van der Waals surface area contributed by atoms with E-state index in [1.807, 2.05) is 26.0 Å². The topological polar surface area (TPSA) is 77.8 Å². The van der Waals surface area contributed by atoms with E-state index in [0.717, 1.165) is 22.0 Å². The summed E-state index contributed by atoms with van der Waals surface area (Å²) >= 11 is 0. The van der Waals surface area contributed by atoms with E-state index >= 15 is 0 Å². The Kier molecular flexibility index (Phi) is 3.55. The van der Waals surface area contributed by atoms with Crippen LogP contribution < -0.4 is 16.4 Å². The Morgan fingerprint density at radius 1 is 1.09 bits per heavy atom. The molecule has 112 valence electrons. The molecule has 3 N–H and O–H groups in total. The molecule has 5 nitrogen and oxygen atoms in total. The molecule has 0 radical (unpaired) electrons. The van der Waals surface area contributed by atoms with E-state index in [2.05, 4.69) is 21.4 Å². The average molecular weight is 295 g/mol. The average Bonchev–Trinajstić information content (AvgIpc) is 2.46. The van der Waals surface area contributed by atoms with Crippen LogP contribution in [-0.4, -0.2) is 9.97 Å². The van der Waals surface area contributed by atoms with Crippen LogP contribution in [0, 0.1) is 13.8 Å². The van der Waals surface area contributed by atoms with Crippen molar-refractivity contribution in [3.8, 4) is 0 Å². The van der Waals surface area contributed by atoms with Gasteiger partial charge in [0.15, 0.2) is 0 Å². The zero-order chi connectivity index (χ0) is 15.7. The quantitative estimate of drug-likeness (QED) is 0.694. The van der Waals surface area contributed by atoms with Gasteiger partial charge in [0.05, 0.1) is 0 Å². The van der Waals surface area contributed by atoms with Crippen LogP contribution in [0.3, 0.4) is 0 Å². The predicted octanol–water partition coefficient (Wildman–Crippen LogP) is 2.45. The summed E-state index contributed by atoms with van der Waals surface area (Å²) in [5.74, 6) is 0. The summed E-state index contributed by atoms with van der Waals surface area (Å²) < 4.78 is 0. The van der Waals surface area contributed by atoms with Crippen LogP contribution >= 0.6 is 0 Å². The molecule has 22 heavy (non-hydrogen) atoms. The number of benzene rings is 1. The first-order chi connectivity index (χ1) is 10.5. The van der Waals surface area contributed by atoms with E-state index in [1.165, 1.54) is 0 Å². The molecular formula is C17H17N3O2. The number of rotatable bonds is 3. The Labute approximate surface area is 127 Å². The molecule has 0 amide bonds. The number of aromatic amines is 2. The molecule has 0 atom stereocenters. The Morgan fingerprint density at radius 2 is 1.91 bits per heavy atom. The maximum absolute atomic E-state index is 12.2. The monoisotopic (exact) mass is 295 g/mol. The van der Waals surface area contributed by atoms with Crippen LogP contribution in [0.25, 0.3) is 10.9 Å². The number of fused-ring (bicyclic) bond motifs is 1. The van der Waals surface area contributed by atoms with Crippen molar-refractivity contribution in [2.45, 2.75) is 20.4 Å². The van der Waals surface area contributed by atoms with Crippen LogP contribution in [0.5, 0.6) is 0 Å². The largest absolute Gasteiger partial charge is 0.376 e. The van der Waals surface area contributed by atoms with Gasteiger partial charge < -0.3 is 15.3 Å². The molecule has 3 rings (SSSR count). The van der Waals surface area contributed by atoms with E-state index in [1.54, 1.807) is 18.3 Å². The molecule has 0 aliphatic carbocycles. The fraction of sp³-hybridized carbons (Fsp3) is 0.176. The zero-order valence-corrected chi connectivity index (χ0v) is 12.5. The van der Waals surface area contributed by atoms with Crippen molar-refractivity contribution < 1.29 is 0 Å². The SMILES string of the molecule is Cc1cc(C)c2cc(CNc3ccc[nH]c3=O)c(=O)[nH]c2c1. The molecule has 2 aromatic heterocycles. The van der Waals surface area contributed by atoms with Gasteiger partial charge in [-0.25, -0.2) is 0 Å². The molecule has 0 saturated carbocycles. The minimum Gasteiger partial charge on any atom is -0.376 e. The lowest BCUT2D eigenvalue weighted by Crippen LogP contribution is -2.19. The highest BCUT2D eigenvalue weighted by atomic mass is 16.1. The van der Waals surface area contributed by atoms with Crippen molar-refractivity contribution in [1.82, 2.24) is 9.97 Å². The highest BCUT2D eigenvalue weighted by molar-refractivity contribution is 5.83. The minimum absolute atomic E-state index is 0.141. The smallest absolute Gasteiger partial charge is 0.271 e. The number of nitrogens with one attached hydrogen (secondary N) is 3. The summed E-state index contributed by atoms with van der Waals surface area (Å²) in [6.07, 6.45) is 1.57. The lowest BCUT2D eigenvalue weighted by Gasteiger charge is -2.08. The van der Waals surface area contributed by atoms with Crippen molar-refractivity contribution in [1.29, 1.82) is 0 Å². The van der Waals surface area contributed by atoms with Gasteiger partial charge in [-0.2, -0.15) is 0 Å². The second kappa shape index (κ2) is 5.52. The highest BCUT2D eigenvalue weighted by Gasteiger charge is 2.06. The third-order valence-corrected chi connectivity index (χ3v) is 3.68. The molecule has 1 aromatic carbocycles. The van der Waals surface area contributed by atoms with E-state index in [4.69, 9.17) is 0 Å². The molecule has 0 spiro atoms. The van der Waals surface area contributed by atoms with Crippen molar-refractivity contribution in [2.75, 3.05) is 5.32 Å². The normalized spacial score (nSPS) is 10.8. The van der Waals surface area contributed by atoms with Crippen LogP contribution in [0.15, 0.2) is 46.1 Å². The number of aryl methyl sites for hydroxylation is 2. The maximum atomic E-state index is 12.2. The summed E-state index contributed by atoms with van der Waals surface area (Å²) in [6.45, 7) is 4.32. The van der Waals surface area contributed by atoms with Gasteiger partial charge >= 0.3 is 0 Å². The second-order valence-electron chi connectivity index (χ2n) is 5.43. The Bertz CT molecular complexity index is 954. The molecule has 0 aliphatic heterocycles. The second-order valence-corrected chi connectivity index (χ2v) is 5.43. The predicted molar refractivity (Wildman–Crippen MR) is 88.4 cm³/mol. The first-order valence-corrected chi connectivity index (χ1v) is 7.09. The van der Waals surface area contributed by atoms with Crippen LogP contribution in [-0.2, 0) is 6.54 Å². The van der Waals surface area contributed by atoms with E-state index in [0.29, 0.717) is 17.8 Å². The molecule has 0 saturated heterocycles.